The number of aliphatic hydroxyl groups is 2. The molecule has 0 spiro atoms. The van der Waals surface area contributed by atoms with Gasteiger partial charge in [-0.15, -0.1) is 0 Å². The van der Waals surface area contributed by atoms with Gasteiger partial charge in [0.05, 0.1) is 0 Å². The van der Waals surface area contributed by atoms with Crippen molar-refractivity contribution < 1.29 is 10.2 Å². The molecule has 0 aliphatic heterocycles. The van der Waals surface area contributed by atoms with Crippen LogP contribution in [0, 0.1) is 0 Å². The van der Waals surface area contributed by atoms with Crippen molar-refractivity contribution in [3.8, 4) is 0 Å². The average molecular weight is 192 g/mol. The fourth-order valence-corrected chi connectivity index (χ4v) is 1.02. The summed E-state index contributed by atoms with van der Waals surface area (Å²) in [5, 5.41) is 17.4. The minimum absolute atomic E-state index is 0.0663. The second kappa shape index (κ2) is 6.49. The van der Waals surface area contributed by atoms with Gasteiger partial charge in [-0.25, -0.2) is 0 Å². The average Bonchev–Trinajstić information content (AvgIpc) is 1.85. The Morgan fingerprint density at radius 2 is 1.18 bits per heavy atom. The third kappa shape index (κ3) is 9.78. The second-order valence-corrected chi connectivity index (χ2v) is 3.29. The van der Waals surface area contributed by atoms with E-state index in [4.69, 9.17) is 10.2 Å². The van der Waals surface area contributed by atoms with E-state index in [2.05, 4.69) is 24.4 Å². The van der Waals surface area contributed by atoms with Gasteiger partial charge in [-0.05, 0) is 37.3 Å². The summed E-state index contributed by atoms with van der Waals surface area (Å²) in [6, 6.07) is 0. The van der Waals surface area contributed by atoms with Gasteiger partial charge >= 0.3 is 0 Å². The molecule has 0 aromatic rings. The molecule has 2 N–H and O–H groups in total. The molecular weight excluding hydrogens is 180 g/mol. The van der Waals surface area contributed by atoms with Crippen LogP contribution in [0.25, 0.3) is 0 Å². The normalized spacial score (nSPS) is 9.45. The van der Waals surface area contributed by atoms with Gasteiger partial charge in [0.2, 0.25) is 0 Å². The van der Waals surface area contributed by atoms with Crippen molar-refractivity contribution in [1.82, 2.24) is 0 Å². The predicted octanol–water partition coefficient (Wildman–Crippen LogP) is 2.71. The zero-order valence-electron chi connectivity index (χ0n) is 6.25. The Bertz CT molecular complexity index is 129. The summed E-state index contributed by atoms with van der Waals surface area (Å²) in [5.74, 6) is 0. The first-order valence-corrected chi connectivity index (χ1v) is 4.38. The molecule has 0 unspecified atom stereocenters. The number of hydrogen-bond donors (Lipinski definition) is 2. The Balaban J connectivity index is 3.03. The number of hydrogen-bond acceptors (Lipinski definition) is 2. The van der Waals surface area contributed by atoms with Crippen molar-refractivity contribution in [3.63, 3.8) is 0 Å². The first-order valence-electron chi connectivity index (χ1n) is 3.56. The number of unbranched alkanes of at least 4 members (excludes halogenated alkanes) is 2. The minimum Gasteiger partial charge on any atom is -0.502 e. The first kappa shape index (κ1) is 10.8. The third-order valence-corrected chi connectivity index (χ3v) is 1.69. The lowest BCUT2D eigenvalue weighted by atomic mass is 10.1. The molecule has 0 saturated carbocycles. The van der Waals surface area contributed by atoms with E-state index in [1.807, 2.05) is 0 Å². The van der Waals surface area contributed by atoms with Crippen molar-refractivity contribution >= 4 is 34.5 Å². The molecule has 2 nitrogen and oxygen atoms in total. The highest BCUT2D eigenvalue weighted by molar-refractivity contribution is 7.80. The Morgan fingerprint density at radius 1 is 0.818 bits per heavy atom. The molecule has 11 heavy (non-hydrogen) atoms. The maximum absolute atomic E-state index is 8.62. The zero-order valence-corrected chi connectivity index (χ0v) is 7.88. The fourth-order valence-electron chi connectivity index (χ4n) is 0.729. The molecule has 0 radical (unpaired) electrons. The lowest BCUT2D eigenvalue weighted by molar-refractivity contribution is 0.526. The summed E-state index contributed by atoms with van der Waals surface area (Å²) in [5.41, 5.74) is 0. The van der Waals surface area contributed by atoms with Gasteiger partial charge in [0.15, 0.2) is 10.1 Å². The minimum atomic E-state index is 0.0663. The standard InChI is InChI=1S/C7H12O2S2/c8-6(10)4-2-1-3-5-7(9)11/h1-5H2,(H,8,10)(H,9,11). The quantitative estimate of drug-likeness (QED) is 0.501. The summed E-state index contributed by atoms with van der Waals surface area (Å²) in [4.78, 5) is 0. The summed E-state index contributed by atoms with van der Waals surface area (Å²) in [6.45, 7) is 0. The van der Waals surface area contributed by atoms with E-state index in [9.17, 15) is 0 Å². The summed E-state index contributed by atoms with van der Waals surface area (Å²) in [6.07, 6.45) is 3.85. The van der Waals surface area contributed by atoms with Crippen LogP contribution >= 0.6 is 24.4 Å². The Hall–Kier alpha value is -0.220. The van der Waals surface area contributed by atoms with Crippen molar-refractivity contribution in [2.75, 3.05) is 0 Å². The Morgan fingerprint density at radius 3 is 1.45 bits per heavy atom. The molecule has 0 amide bonds. The highest BCUT2D eigenvalue weighted by Crippen LogP contribution is 2.03. The van der Waals surface area contributed by atoms with E-state index in [-0.39, 0.29) is 10.1 Å². The third-order valence-electron chi connectivity index (χ3n) is 1.28. The topological polar surface area (TPSA) is 40.5 Å². The molecule has 0 aromatic carbocycles. The predicted molar refractivity (Wildman–Crippen MR) is 53.5 cm³/mol. The summed E-state index contributed by atoms with van der Waals surface area (Å²) in [7, 11) is 0. The van der Waals surface area contributed by atoms with Crippen LogP contribution in [0.3, 0.4) is 0 Å². The molecule has 0 atom stereocenters. The number of thiocarbonyl (C=S) groups is 2. The van der Waals surface area contributed by atoms with Crippen LogP contribution in [0.5, 0.6) is 0 Å². The maximum atomic E-state index is 8.62. The second-order valence-electron chi connectivity index (χ2n) is 2.35. The van der Waals surface area contributed by atoms with Crippen molar-refractivity contribution in [2.45, 2.75) is 32.1 Å². The smallest absolute Gasteiger partial charge is 0.156 e. The summed E-state index contributed by atoms with van der Waals surface area (Å²) >= 11 is 8.95. The molecule has 0 fully saturated rings. The Kier molecular flexibility index (Phi) is 6.36. The molecule has 0 saturated heterocycles. The Labute approximate surface area is 77.2 Å². The molecule has 0 rings (SSSR count). The molecule has 0 bridgehead atoms. The molecule has 64 valence electrons. The molecule has 0 aliphatic carbocycles. The van der Waals surface area contributed by atoms with Crippen LogP contribution in [0.15, 0.2) is 0 Å². The van der Waals surface area contributed by atoms with Crippen molar-refractivity contribution in [2.24, 2.45) is 0 Å². The van der Waals surface area contributed by atoms with E-state index in [0.717, 1.165) is 19.3 Å². The lowest BCUT2D eigenvalue weighted by Gasteiger charge is -1.97. The van der Waals surface area contributed by atoms with E-state index in [0.29, 0.717) is 12.8 Å². The number of rotatable bonds is 6. The monoisotopic (exact) mass is 192 g/mol. The SMILES string of the molecule is OC(=S)CCCCCC(O)=S. The summed E-state index contributed by atoms with van der Waals surface area (Å²) < 4.78 is 0. The van der Waals surface area contributed by atoms with Crippen molar-refractivity contribution in [1.29, 1.82) is 0 Å². The van der Waals surface area contributed by atoms with Gasteiger partial charge in [-0.1, -0.05) is 6.42 Å². The molecule has 0 aromatic heterocycles. The van der Waals surface area contributed by atoms with Gasteiger partial charge in [0.25, 0.3) is 0 Å². The van der Waals surface area contributed by atoms with E-state index < -0.39 is 0 Å². The zero-order chi connectivity index (χ0) is 8.69. The van der Waals surface area contributed by atoms with Gasteiger partial charge in [0.1, 0.15) is 0 Å². The maximum Gasteiger partial charge on any atom is 0.156 e. The van der Waals surface area contributed by atoms with E-state index in [1.165, 1.54) is 0 Å². The van der Waals surface area contributed by atoms with E-state index >= 15 is 0 Å². The largest absolute Gasteiger partial charge is 0.502 e. The molecule has 0 aliphatic rings. The van der Waals surface area contributed by atoms with Crippen LogP contribution in [0.2, 0.25) is 0 Å². The van der Waals surface area contributed by atoms with Gasteiger partial charge < -0.3 is 10.2 Å². The van der Waals surface area contributed by atoms with Crippen LogP contribution in [-0.2, 0) is 0 Å². The van der Waals surface area contributed by atoms with E-state index in [1.54, 1.807) is 0 Å². The molecule has 4 heteroatoms. The molecular formula is C7H12O2S2. The molecule has 0 heterocycles. The van der Waals surface area contributed by atoms with Crippen molar-refractivity contribution in [3.05, 3.63) is 0 Å². The van der Waals surface area contributed by atoms with Gasteiger partial charge in [-0.3, -0.25) is 0 Å². The van der Waals surface area contributed by atoms with Crippen LogP contribution in [-0.4, -0.2) is 20.3 Å². The highest BCUT2D eigenvalue weighted by Gasteiger charge is 1.94. The van der Waals surface area contributed by atoms with Gasteiger partial charge in [-0.2, -0.15) is 0 Å². The first-order chi connectivity index (χ1) is 5.13. The fraction of sp³-hybridized carbons (Fsp3) is 0.714. The van der Waals surface area contributed by atoms with Gasteiger partial charge in [0, 0.05) is 12.8 Å². The van der Waals surface area contributed by atoms with Crippen LogP contribution in [0.4, 0.5) is 0 Å². The number of aliphatic hydroxyl groups excluding tert-OH is 2. The van der Waals surface area contributed by atoms with Crippen LogP contribution in [0.1, 0.15) is 32.1 Å². The lowest BCUT2D eigenvalue weighted by Crippen LogP contribution is -1.93. The van der Waals surface area contributed by atoms with Crippen LogP contribution < -0.4 is 0 Å². The highest BCUT2D eigenvalue weighted by atomic mass is 32.1.